The molecule has 0 N–H and O–H groups in total. The molecule has 0 atom stereocenters. The summed E-state index contributed by atoms with van der Waals surface area (Å²) in [6, 6.07) is 26.2. The van der Waals surface area contributed by atoms with Crippen LogP contribution in [0.5, 0.6) is 11.5 Å². The number of carbonyl (C=O) groups excluding carboxylic acids is 1. The first-order valence-corrected chi connectivity index (χ1v) is 16.9. The fraction of sp³-hybridized carbons (Fsp3) is 0.410. The molecule has 0 spiro atoms. The zero-order valence-corrected chi connectivity index (χ0v) is 28.3. The molecule has 0 heterocycles. The average molecular weight is 637 g/mol. The van der Waals surface area contributed by atoms with E-state index in [9.17, 15) is 4.79 Å². The van der Waals surface area contributed by atoms with Crippen LogP contribution >= 0.6 is 0 Å². The Morgan fingerprint density at radius 2 is 1.21 bits per heavy atom. The fourth-order valence-electron chi connectivity index (χ4n) is 4.99. The minimum absolute atomic E-state index is 0.253. The molecule has 0 aliphatic rings. The van der Waals surface area contributed by atoms with Gasteiger partial charge in [0.1, 0.15) is 17.0 Å². The van der Waals surface area contributed by atoms with Crippen LogP contribution in [0.25, 0.3) is 10.8 Å². The molecule has 8 heteroatoms. The van der Waals surface area contributed by atoms with Crippen LogP contribution in [0.4, 0.5) is 27.5 Å². The van der Waals surface area contributed by atoms with Gasteiger partial charge in [-0.25, -0.2) is 4.79 Å². The van der Waals surface area contributed by atoms with E-state index in [0.29, 0.717) is 23.7 Å². The van der Waals surface area contributed by atoms with Gasteiger partial charge in [0.25, 0.3) is 0 Å². The number of azo groups is 2. The Morgan fingerprint density at radius 3 is 1.83 bits per heavy atom. The van der Waals surface area contributed by atoms with Crippen molar-refractivity contribution in [3.8, 4) is 11.5 Å². The van der Waals surface area contributed by atoms with Crippen molar-refractivity contribution in [2.75, 3.05) is 6.61 Å². The van der Waals surface area contributed by atoms with Crippen molar-refractivity contribution in [2.45, 2.75) is 97.5 Å². The van der Waals surface area contributed by atoms with Gasteiger partial charge in [0.05, 0.1) is 23.7 Å². The van der Waals surface area contributed by atoms with Crippen LogP contribution in [0.1, 0.15) is 91.9 Å². The van der Waals surface area contributed by atoms with Gasteiger partial charge in [-0.3, -0.25) is 0 Å². The predicted octanol–water partition coefficient (Wildman–Crippen LogP) is 13.3. The van der Waals surface area contributed by atoms with Gasteiger partial charge in [-0.1, -0.05) is 89.0 Å². The molecule has 248 valence electrons. The normalized spacial score (nSPS) is 11.8. The third-order valence-electron chi connectivity index (χ3n) is 7.43. The summed E-state index contributed by atoms with van der Waals surface area (Å²) in [5, 5.41) is 19.2. The summed E-state index contributed by atoms with van der Waals surface area (Å²) in [7, 11) is 0. The van der Waals surface area contributed by atoms with Gasteiger partial charge >= 0.3 is 6.16 Å². The van der Waals surface area contributed by atoms with E-state index in [2.05, 4.69) is 27.4 Å². The van der Waals surface area contributed by atoms with Crippen molar-refractivity contribution in [3.05, 3.63) is 84.9 Å². The predicted molar refractivity (Wildman–Crippen MR) is 189 cm³/mol. The fourth-order valence-corrected chi connectivity index (χ4v) is 4.99. The standard InChI is InChI=1S/C39H48N4O4/c1-5-6-7-8-9-10-11-12-13-17-28-45-34-25-26-35-30(29-34)20-27-36(46-38(44)47-39(2,3)4)37(35)43-42-33-23-21-32(22-24-33)41-40-31-18-15-14-16-19-31/h14-16,18-27,29H,5-13,17,28H2,1-4H3. The number of rotatable bonds is 17. The third kappa shape index (κ3) is 12.6. The summed E-state index contributed by atoms with van der Waals surface area (Å²) in [5.74, 6) is 1.04. The average Bonchev–Trinajstić information content (AvgIpc) is 3.06. The molecule has 4 aromatic rings. The van der Waals surface area contributed by atoms with Crippen LogP contribution in [-0.2, 0) is 4.74 Å². The molecule has 0 aliphatic heterocycles. The molecule has 0 radical (unpaired) electrons. The Kier molecular flexibility index (Phi) is 13.9. The number of hydrogen-bond acceptors (Lipinski definition) is 8. The molecule has 0 aliphatic carbocycles. The maximum atomic E-state index is 12.6. The first kappa shape index (κ1) is 35.3. The van der Waals surface area contributed by atoms with Crippen molar-refractivity contribution in [1.29, 1.82) is 0 Å². The number of fused-ring (bicyclic) bond motifs is 1. The van der Waals surface area contributed by atoms with E-state index < -0.39 is 11.8 Å². The quantitative estimate of drug-likeness (QED) is 0.0498. The first-order chi connectivity index (χ1) is 22.8. The SMILES string of the molecule is CCCCCCCCCCCCOc1ccc2c(N=Nc3ccc(N=Nc4ccccc4)cc3)c(OC(=O)OC(C)(C)C)ccc2c1. The molecule has 0 saturated carbocycles. The Bertz CT molecular complexity index is 1600. The number of nitrogens with zero attached hydrogens (tertiary/aromatic N) is 4. The van der Waals surface area contributed by atoms with E-state index in [-0.39, 0.29) is 5.75 Å². The van der Waals surface area contributed by atoms with E-state index >= 15 is 0 Å². The Labute approximate surface area is 279 Å². The Hall–Kier alpha value is -4.59. The second-order valence-corrected chi connectivity index (χ2v) is 12.6. The highest BCUT2D eigenvalue weighted by Gasteiger charge is 2.20. The van der Waals surface area contributed by atoms with E-state index in [0.717, 1.165) is 28.6 Å². The summed E-state index contributed by atoms with van der Waals surface area (Å²) in [6.07, 6.45) is 12.0. The van der Waals surface area contributed by atoms with Crippen LogP contribution in [0, 0.1) is 0 Å². The Balaban J connectivity index is 1.42. The number of unbranched alkanes of at least 4 members (excludes halogenated alkanes) is 9. The lowest BCUT2D eigenvalue weighted by atomic mass is 10.1. The molecule has 0 aromatic heterocycles. The van der Waals surface area contributed by atoms with Crippen molar-refractivity contribution < 1.29 is 19.0 Å². The molecule has 0 saturated heterocycles. The van der Waals surface area contributed by atoms with Gasteiger partial charge in [0, 0.05) is 5.39 Å². The van der Waals surface area contributed by atoms with E-state index in [4.69, 9.17) is 14.2 Å². The zero-order valence-electron chi connectivity index (χ0n) is 28.3. The summed E-state index contributed by atoms with van der Waals surface area (Å²) in [6.45, 7) is 8.30. The van der Waals surface area contributed by atoms with Crippen molar-refractivity contribution in [2.24, 2.45) is 20.5 Å². The summed E-state index contributed by atoms with van der Waals surface area (Å²) >= 11 is 0. The highest BCUT2D eigenvalue weighted by atomic mass is 16.7. The molecule has 8 nitrogen and oxygen atoms in total. The van der Waals surface area contributed by atoms with Crippen molar-refractivity contribution in [3.63, 3.8) is 0 Å². The van der Waals surface area contributed by atoms with Gasteiger partial charge in [0.15, 0.2) is 5.75 Å². The van der Waals surface area contributed by atoms with Gasteiger partial charge < -0.3 is 14.2 Å². The smallest absolute Gasteiger partial charge is 0.494 e. The van der Waals surface area contributed by atoms with Gasteiger partial charge in [0.2, 0.25) is 0 Å². The largest absolute Gasteiger partial charge is 0.514 e. The van der Waals surface area contributed by atoms with Crippen LogP contribution in [0.3, 0.4) is 0 Å². The number of ether oxygens (including phenoxy) is 3. The molecule has 0 fully saturated rings. The lowest BCUT2D eigenvalue weighted by Gasteiger charge is -2.19. The van der Waals surface area contributed by atoms with E-state index in [1.165, 1.54) is 57.8 Å². The van der Waals surface area contributed by atoms with E-state index in [1.54, 1.807) is 26.8 Å². The second-order valence-electron chi connectivity index (χ2n) is 12.6. The lowest BCUT2D eigenvalue weighted by Crippen LogP contribution is -2.26. The zero-order chi connectivity index (χ0) is 33.3. The maximum absolute atomic E-state index is 12.6. The second kappa shape index (κ2) is 18.5. The van der Waals surface area contributed by atoms with Gasteiger partial charge in [-0.15, -0.1) is 5.11 Å². The van der Waals surface area contributed by atoms with Crippen LogP contribution in [0.15, 0.2) is 105 Å². The topological polar surface area (TPSA) is 94.2 Å². The number of benzene rings is 4. The molecule has 0 amide bonds. The first-order valence-electron chi connectivity index (χ1n) is 16.9. The summed E-state index contributed by atoms with van der Waals surface area (Å²) in [4.78, 5) is 12.6. The molecule has 4 aromatic carbocycles. The molecule has 0 unspecified atom stereocenters. The summed E-state index contributed by atoms with van der Waals surface area (Å²) < 4.78 is 17.1. The number of hydrogen-bond donors (Lipinski definition) is 0. The highest BCUT2D eigenvalue weighted by Crippen LogP contribution is 2.39. The van der Waals surface area contributed by atoms with Crippen LogP contribution < -0.4 is 9.47 Å². The molecular formula is C39H48N4O4. The minimum Gasteiger partial charge on any atom is -0.494 e. The molecule has 4 rings (SSSR count). The number of carbonyl (C=O) groups is 1. The van der Waals surface area contributed by atoms with Gasteiger partial charge in [-0.05, 0) is 93.2 Å². The third-order valence-corrected chi connectivity index (χ3v) is 7.43. The van der Waals surface area contributed by atoms with Crippen molar-refractivity contribution >= 4 is 39.7 Å². The molecular weight excluding hydrogens is 588 g/mol. The van der Waals surface area contributed by atoms with Crippen LogP contribution in [-0.4, -0.2) is 18.4 Å². The van der Waals surface area contributed by atoms with Crippen molar-refractivity contribution in [1.82, 2.24) is 0 Å². The molecule has 47 heavy (non-hydrogen) atoms. The van der Waals surface area contributed by atoms with E-state index in [1.807, 2.05) is 78.9 Å². The monoisotopic (exact) mass is 636 g/mol. The maximum Gasteiger partial charge on any atom is 0.514 e. The minimum atomic E-state index is -0.808. The molecule has 0 bridgehead atoms. The van der Waals surface area contributed by atoms with Gasteiger partial charge in [-0.2, -0.15) is 15.3 Å². The summed E-state index contributed by atoms with van der Waals surface area (Å²) in [5.41, 5.74) is 1.80. The lowest BCUT2D eigenvalue weighted by molar-refractivity contribution is 0.0207. The van der Waals surface area contributed by atoms with Crippen LogP contribution in [0.2, 0.25) is 0 Å². The highest BCUT2D eigenvalue weighted by molar-refractivity contribution is 5.96. The Morgan fingerprint density at radius 1 is 0.638 bits per heavy atom.